The Morgan fingerprint density at radius 2 is 2.21 bits per heavy atom. The number of nitrogens with zero attached hydrogens (tertiary/aromatic N) is 1. The summed E-state index contributed by atoms with van der Waals surface area (Å²) in [6, 6.07) is 4.70. The minimum Gasteiger partial charge on any atom is -0.368 e. The van der Waals surface area contributed by atoms with E-state index in [4.69, 9.17) is 11.6 Å². The van der Waals surface area contributed by atoms with Crippen LogP contribution in [0.25, 0.3) is 0 Å². The van der Waals surface area contributed by atoms with Crippen LogP contribution in [0.15, 0.2) is 18.2 Å². The predicted octanol–water partition coefficient (Wildman–Crippen LogP) is 3.45. The lowest BCUT2D eigenvalue weighted by atomic mass is 9.95. The normalized spacial score (nSPS) is 28.3. The molecule has 1 aliphatic heterocycles. The van der Waals surface area contributed by atoms with Crippen LogP contribution in [0.1, 0.15) is 26.2 Å². The summed E-state index contributed by atoms with van der Waals surface area (Å²) in [5, 5.41) is 4.21. The maximum absolute atomic E-state index is 13.2. The van der Waals surface area contributed by atoms with E-state index in [0.29, 0.717) is 5.02 Å². The van der Waals surface area contributed by atoms with Gasteiger partial charge in [-0.2, -0.15) is 0 Å². The minimum absolute atomic E-state index is 0.161. The highest BCUT2D eigenvalue weighted by molar-refractivity contribution is 6.33. The van der Waals surface area contributed by atoms with E-state index < -0.39 is 0 Å². The van der Waals surface area contributed by atoms with Crippen molar-refractivity contribution in [2.24, 2.45) is 5.92 Å². The van der Waals surface area contributed by atoms with Gasteiger partial charge < -0.3 is 10.2 Å². The van der Waals surface area contributed by atoms with E-state index in [-0.39, 0.29) is 11.4 Å². The number of rotatable bonds is 2. The van der Waals surface area contributed by atoms with Crippen molar-refractivity contribution in [1.82, 2.24) is 5.32 Å². The molecule has 1 unspecified atom stereocenters. The number of halogens is 2. The number of hydrogen-bond donors (Lipinski definition) is 1. The van der Waals surface area contributed by atoms with E-state index in [1.165, 1.54) is 25.0 Å². The zero-order chi connectivity index (χ0) is 13.5. The van der Waals surface area contributed by atoms with E-state index in [0.717, 1.165) is 37.7 Å². The molecule has 2 nitrogen and oxygen atoms in total. The third kappa shape index (κ3) is 2.72. The van der Waals surface area contributed by atoms with Crippen molar-refractivity contribution in [3.63, 3.8) is 0 Å². The molecule has 0 aromatic heterocycles. The van der Waals surface area contributed by atoms with E-state index in [2.05, 4.69) is 17.1 Å². The molecule has 1 saturated carbocycles. The van der Waals surface area contributed by atoms with Crippen molar-refractivity contribution in [1.29, 1.82) is 0 Å². The first-order chi connectivity index (χ1) is 9.08. The highest BCUT2D eigenvalue weighted by atomic mass is 35.5. The average molecular weight is 283 g/mol. The molecule has 3 rings (SSSR count). The van der Waals surface area contributed by atoms with Gasteiger partial charge >= 0.3 is 0 Å². The standard InChI is InChI=1S/C15H20ClFN2/c1-15(11-3-4-11)10-19(8-2-7-18-15)14-6-5-12(17)9-13(14)16/h5-6,9,11,18H,2-4,7-8,10H2,1H3. The largest absolute Gasteiger partial charge is 0.368 e. The van der Waals surface area contributed by atoms with Gasteiger partial charge in [0.15, 0.2) is 0 Å². The summed E-state index contributed by atoms with van der Waals surface area (Å²) in [6.07, 6.45) is 3.72. The summed E-state index contributed by atoms with van der Waals surface area (Å²) in [7, 11) is 0. The van der Waals surface area contributed by atoms with Gasteiger partial charge in [0.25, 0.3) is 0 Å². The van der Waals surface area contributed by atoms with Gasteiger partial charge in [-0.1, -0.05) is 11.6 Å². The molecule has 1 atom stereocenters. The molecule has 1 saturated heterocycles. The third-order valence-electron chi connectivity index (χ3n) is 4.38. The van der Waals surface area contributed by atoms with Crippen LogP contribution in [0.5, 0.6) is 0 Å². The van der Waals surface area contributed by atoms with Crippen LogP contribution in [-0.2, 0) is 0 Å². The van der Waals surface area contributed by atoms with Crippen molar-refractivity contribution in [2.75, 3.05) is 24.5 Å². The molecule has 0 bridgehead atoms. The Morgan fingerprint density at radius 3 is 2.89 bits per heavy atom. The Bertz CT molecular complexity index is 475. The van der Waals surface area contributed by atoms with Gasteiger partial charge in [0.05, 0.1) is 10.7 Å². The fourth-order valence-electron chi connectivity index (χ4n) is 3.11. The lowest BCUT2D eigenvalue weighted by Crippen LogP contribution is -2.51. The molecule has 1 N–H and O–H groups in total. The Balaban J connectivity index is 1.86. The first kappa shape index (κ1) is 13.2. The van der Waals surface area contributed by atoms with Crippen LogP contribution in [0.4, 0.5) is 10.1 Å². The molecule has 1 aromatic rings. The third-order valence-corrected chi connectivity index (χ3v) is 4.68. The summed E-state index contributed by atoms with van der Waals surface area (Å²) in [5.74, 6) is 0.499. The van der Waals surface area contributed by atoms with E-state index >= 15 is 0 Å². The van der Waals surface area contributed by atoms with Gasteiger partial charge in [0.2, 0.25) is 0 Å². The molecule has 1 heterocycles. The lowest BCUT2D eigenvalue weighted by molar-refractivity contribution is 0.331. The Kier molecular flexibility index (Phi) is 3.44. The van der Waals surface area contributed by atoms with Crippen molar-refractivity contribution in [3.8, 4) is 0 Å². The number of benzene rings is 1. The van der Waals surface area contributed by atoms with Crippen LogP contribution >= 0.6 is 11.6 Å². The molecular weight excluding hydrogens is 263 g/mol. The summed E-state index contributed by atoms with van der Waals surface area (Å²) in [5.41, 5.74) is 1.12. The first-order valence-corrected chi connectivity index (χ1v) is 7.41. The van der Waals surface area contributed by atoms with Crippen LogP contribution < -0.4 is 10.2 Å². The van der Waals surface area contributed by atoms with Crippen LogP contribution in [-0.4, -0.2) is 25.2 Å². The zero-order valence-corrected chi connectivity index (χ0v) is 12.0. The molecule has 1 aliphatic carbocycles. The fourth-order valence-corrected chi connectivity index (χ4v) is 3.40. The van der Waals surface area contributed by atoms with Crippen LogP contribution in [0.2, 0.25) is 5.02 Å². The monoisotopic (exact) mass is 282 g/mol. The van der Waals surface area contributed by atoms with Gasteiger partial charge in [-0.05, 0) is 56.8 Å². The van der Waals surface area contributed by atoms with Gasteiger partial charge in [0.1, 0.15) is 5.82 Å². The second kappa shape index (κ2) is 4.95. The summed E-state index contributed by atoms with van der Waals surface area (Å²) in [4.78, 5) is 2.31. The second-order valence-corrected chi connectivity index (χ2v) is 6.40. The molecule has 1 aromatic carbocycles. The highest BCUT2D eigenvalue weighted by Gasteiger charge is 2.43. The van der Waals surface area contributed by atoms with Crippen LogP contribution in [0, 0.1) is 11.7 Å². The summed E-state index contributed by atoms with van der Waals surface area (Å²) < 4.78 is 13.2. The Labute approximate surface area is 118 Å². The molecule has 104 valence electrons. The summed E-state index contributed by atoms with van der Waals surface area (Å²) >= 11 is 6.20. The van der Waals surface area contributed by atoms with Crippen molar-refractivity contribution in [3.05, 3.63) is 29.0 Å². The number of hydrogen-bond acceptors (Lipinski definition) is 2. The predicted molar refractivity (Wildman–Crippen MR) is 77.4 cm³/mol. The second-order valence-electron chi connectivity index (χ2n) is 5.99. The Morgan fingerprint density at radius 1 is 1.42 bits per heavy atom. The SMILES string of the molecule is CC1(C2CC2)CN(c2ccc(F)cc2Cl)CCCN1. The van der Waals surface area contributed by atoms with Gasteiger partial charge in [-0.25, -0.2) is 4.39 Å². The van der Waals surface area contributed by atoms with Crippen LogP contribution in [0.3, 0.4) is 0 Å². The van der Waals surface area contributed by atoms with Gasteiger partial charge in [0, 0.05) is 18.6 Å². The smallest absolute Gasteiger partial charge is 0.124 e. The number of anilines is 1. The van der Waals surface area contributed by atoms with Crippen molar-refractivity contribution in [2.45, 2.75) is 31.7 Å². The zero-order valence-electron chi connectivity index (χ0n) is 11.3. The van der Waals surface area contributed by atoms with E-state index in [9.17, 15) is 4.39 Å². The van der Waals surface area contributed by atoms with E-state index in [1.807, 2.05) is 0 Å². The molecule has 0 radical (unpaired) electrons. The summed E-state index contributed by atoms with van der Waals surface area (Å²) in [6.45, 7) is 5.27. The van der Waals surface area contributed by atoms with Gasteiger partial charge in [-0.3, -0.25) is 0 Å². The molecule has 2 fully saturated rings. The molecule has 2 aliphatic rings. The van der Waals surface area contributed by atoms with Crippen molar-refractivity contribution >= 4 is 17.3 Å². The quantitative estimate of drug-likeness (QED) is 0.894. The average Bonchev–Trinajstić information content (AvgIpc) is 3.16. The fraction of sp³-hybridized carbons (Fsp3) is 0.600. The molecule has 0 amide bonds. The molecule has 4 heteroatoms. The first-order valence-electron chi connectivity index (χ1n) is 7.03. The topological polar surface area (TPSA) is 15.3 Å². The minimum atomic E-state index is -0.272. The van der Waals surface area contributed by atoms with E-state index in [1.54, 1.807) is 6.07 Å². The highest BCUT2D eigenvalue weighted by Crippen LogP contribution is 2.41. The number of nitrogens with one attached hydrogen (secondary N) is 1. The molecular formula is C15H20ClFN2. The lowest BCUT2D eigenvalue weighted by Gasteiger charge is -2.35. The van der Waals surface area contributed by atoms with Crippen molar-refractivity contribution < 1.29 is 4.39 Å². The molecule has 19 heavy (non-hydrogen) atoms. The maximum Gasteiger partial charge on any atom is 0.124 e. The van der Waals surface area contributed by atoms with Gasteiger partial charge in [-0.15, -0.1) is 0 Å². The Hall–Kier alpha value is -0.800. The maximum atomic E-state index is 13.2. The molecule has 0 spiro atoms.